The number of nitrogens with one attached hydrogen (secondary N) is 1. The summed E-state index contributed by atoms with van der Waals surface area (Å²) in [5.74, 6) is -0.0917. The molecule has 0 unspecified atom stereocenters. The SMILES string of the molecule is CC(C)(COc1ccc(F)cc1)NC(=O)CCl. The third-order valence-corrected chi connectivity index (χ3v) is 2.26. The second kappa shape index (κ2) is 5.87. The highest BCUT2D eigenvalue weighted by molar-refractivity contribution is 6.27. The van der Waals surface area contributed by atoms with Gasteiger partial charge in [-0.1, -0.05) is 0 Å². The van der Waals surface area contributed by atoms with Crippen LogP contribution in [0.4, 0.5) is 4.39 Å². The Labute approximate surface area is 105 Å². The van der Waals surface area contributed by atoms with E-state index in [4.69, 9.17) is 16.3 Å². The summed E-state index contributed by atoms with van der Waals surface area (Å²) in [5.41, 5.74) is -0.527. The van der Waals surface area contributed by atoms with Crippen molar-refractivity contribution in [2.45, 2.75) is 19.4 Å². The lowest BCUT2D eigenvalue weighted by Crippen LogP contribution is -2.48. The van der Waals surface area contributed by atoms with E-state index >= 15 is 0 Å². The minimum absolute atomic E-state index is 0.0834. The van der Waals surface area contributed by atoms with Crippen molar-refractivity contribution in [1.82, 2.24) is 5.32 Å². The zero-order chi connectivity index (χ0) is 12.9. The molecule has 0 atom stereocenters. The summed E-state index contributed by atoms with van der Waals surface area (Å²) in [7, 11) is 0. The third-order valence-electron chi connectivity index (χ3n) is 2.01. The molecule has 3 nitrogen and oxygen atoms in total. The largest absolute Gasteiger partial charge is 0.491 e. The van der Waals surface area contributed by atoms with Gasteiger partial charge < -0.3 is 10.1 Å². The molecule has 0 heterocycles. The van der Waals surface area contributed by atoms with Crippen LogP contribution in [-0.4, -0.2) is 23.9 Å². The summed E-state index contributed by atoms with van der Waals surface area (Å²) in [6.45, 7) is 3.92. The molecular weight excluding hydrogens is 245 g/mol. The summed E-state index contributed by atoms with van der Waals surface area (Å²) in [6.07, 6.45) is 0. The van der Waals surface area contributed by atoms with Crippen molar-refractivity contribution in [1.29, 1.82) is 0 Å². The Morgan fingerprint density at radius 3 is 2.53 bits per heavy atom. The van der Waals surface area contributed by atoms with E-state index in [0.29, 0.717) is 5.75 Å². The Bertz CT molecular complexity index is 379. The Kier molecular flexibility index (Phi) is 4.75. The zero-order valence-electron chi connectivity index (χ0n) is 9.80. The van der Waals surface area contributed by atoms with Gasteiger partial charge in [0.25, 0.3) is 0 Å². The zero-order valence-corrected chi connectivity index (χ0v) is 10.6. The Balaban J connectivity index is 2.49. The van der Waals surface area contributed by atoms with E-state index in [-0.39, 0.29) is 24.2 Å². The number of amides is 1. The molecule has 94 valence electrons. The molecule has 5 heteroatoms. The van der Waals surface area contributed by atoms with Crippen molar-refractivity contribution in [3.05, 3.63) is 30.1 Å². The van der Waals surface area contributed by atoms with E-state index in [1.54, 1.807) is 0 Å². The molecule has 1 N–H and O–H groups in total. The predicted molar refractivity (Wildman–Crippen MR) is 64.8 cm³/mol. The maximum atomic E-state index is 12.7. The first-order valence-electron chi connectivity index (χ1n) is 5.18. The van der Waals surface area contributed by atoms with E-state index in [9.17, 15) is 9.18 Å². The normalized spacial score (nSPS) is 11.1. The van der Waals surface area contributed by atoms with Crippen molar-refractivity contribution in [3.63, 3.8) is 0 Å². The van der Waals surface area contributed by atoms with Crippen LogP contribution in [0, 0.1) is 5.82 Å². The Morgan fingerprint density at radius 2 is 2.00 bits per heavy atom. The number of rotatable bonds is 5. The Hall–Kier alpha value is -1.29. The number of benzene rings is 1. The van der Waals surface area contributed by atoms with E-state index < -0.39 is 5.54 Å². The van der Waals surface area contributed by atoms with Gasteiger partial charge in [-0.15, -0.1) is 11.6 Å². The summed E-state index contributed by atoms with van der Waals surface area (Å²) in [6, 6.07) is 5.71. The van der Waals surface area contributed by atoms with Gasteiger partial charge in [0.2, 0.25) is 5.91 Å². The van der Waals surface area contributed by atoms with Gasteiger partial charge in [0.15, 0.2) is 0 Å². The molecule has 0 spiro atoms. The van der Waals surface area contributed by atoms with Crippen LogP contribution < -0.4 is 10.1 Å². The molecule has 0 aliphatic heterocycles. The van der Waals surface area contributed by atoms with Crippen molar-refractivity contribution < 1.29 is 13.9 Å². The van der Waals surface area contributed by atoms with Crippen LogP contribution in [0.15, 0.2) is 24.3 Å². The minimum Gasteiger partial charge on any atom is -0.491 e. The lowest BCUT2D eigenvalue weighted by Gasteiger charge is -2.25. The highest BCUT2D eigenvalue weighted by Crippen LogP contribution is 2.13. The quantitative estimate of drug-likeness (QED) is 0.825. The van der Waals surface area contributed by atoms with Crippen molar-refractivity contribution in [3.8, 4) is 5.75 Å². The number of carbonyl (C=O) groups is 1. The highest BCUT2D eigenvalue weighted by Gasteiger charge is 2.20. The van der Waals surface area contributed by atoms with Crippen LogP contribution in [0.25, 0.3) is 0 Å². The van der Waals surface area contributed by atoms with Crippen LogP contribution in [0.5, 0.6) is 5.75 Å². The van der Waals surface area contributed by atoms with Gasteiger partial charge in [0.05, 0.1) is 5.54 Å². The van der Waals surface area contributed by atoms with E-state index in [0.717, 1.165) is 0 Å². The van der Waals surface area contributed by atoms with Gasteiger partial charge in [0.1, 0.15) is 24.1 Å². The number of carbonyl (C=O) groups excluding carboxylic acids is 1. The van der Waals surface area contributed by atoms with Gasteiger partial charge in [-0.05, 0) is 38.1 Å². The molecule has 1 aromatic carbocycles. The van der Waals surface area contributed by atoms with Crippen LogP contribution in [0.3, 0.4) is 0 Å². The van der Waals surface area contributed by atoms with Gasteiger partial charge >= 0.3 is 0 Å². The van der Waals surface area contributed by atoms with E-state index in [1.807, 2.05) is 13.8 Å². The van der Waals surface area contributed by atoms with Crippen LogP contribution in [0.1, 0.15) is 13.8 Å². The second-order valence-electron chi connectivity index (χ2n) is 4.31. The fourth-order valence-electron chi connectivity index (χ4n) is 1.24. The molecule has 1 aromatic rings. The van der Waals surface area contributed by atoms with E-state index in [2.05, 4.69) is 5.32 Å². The monoisotopic (exact) mass is 259 g/mol. The van der Waals surface area contributed by atoms with Crippen LogP contribution in [0.2, 0.25) is 0 Å². The molecule has 17 heavy (non-hydrogen) atoms. The number of hydrogen-bond donors (Lipinski definition) is 1. The summed E-state index contributed by atoms with van der Waals surface area (Å²) in [4.78, 5) is 11.1. The molecule has 0 radical (unpaired) electrons. The second-order valence-corrected chi connectivity index (χ2v) is 4.58. The van der Waals surface area contributed by atoms with Gasteiger partial charge in [-0.3, -0.25) is 4.79 Å². The summed E-state index contributed by atoms with van der Waals surface area (Å²) >= 11 is 5.40. The van der Waals surface area contributed by atoms with Crippen LogP contribution >= 0.6 is 11.6 Å². The number of halogens is 2. The van der Waals surface area contributed by atoms with Crippen molar-refractivity contribution in [2.24, 2.45) is 0 Å². The molecule has 1 rings (SSSR count). The molecule has 0 aliphatic rings. The fraction of sp³-hybridized carbons (Fsp3) is 0.417. The Morgan fingerprint density at radius 1 is 1.41 bits per heavy atom. The van der Waals surface area contributed by atoms with Gasteiger partial charge in [-0.25, -0.2) is 4.39 Å². The third kappa shape index (κ3) is 5.04. The maximum Gasteiger partial charge on any atom is 0.235 e. The molecule has 0 bridgehead atoms. The standard InChI is InChI=1S/C12H15ClFNO2/c1-12(2,15-11(16)7-13)8-17-10-5-3-9(14)4-6-10/h3-6H,7-8H2,1-2H3,(H,15,16). The smallest absolute Gasteiger partial charge is 0.235 e. The van der Waals surface area contributed by atoms with Gasteiger partial charge in [0, 0.05) is 0 Å². The number of hydrogen-bond acceptors (Lipinski definition) is 2. The van der Waals surface area contributed by atoms with Crippen LogP contribution in [-0.2, 0) is 4.79 Å². The average molecular weight is 260 g/mol. The lowest BCUT2D eigenvalue weighted by molar-refractivity contribution is -0.120. The molecule has 0 aliphatic carbocycles. The molecule has 0 fully saturated rings. The minimum atomic E-state index is -0.527. The highest BCUT2D eigenvalue weighted by atomic mass is 35.5. The molecule has 0 saturated heterocycles. The van der Waals surface area contributed by atoms with Crippen molar-refractivity contribution in [2.75, 3.05) is 12.5 Å². The molecular formula is C12H15ClFNO2. The number of alkyl halides is 1. The first-order valence-corrected chi connectivity index (χ1v) is 5.72. The first-order chi connectivity index (χ1) is 7.93. The molecule has 0 aromatic heterocycles. The summed E-state index contributed by atoms with van der Waals surface area (Å²) in [5, 5.41) is 2.72. The summed E-state index contributed by atoms with van der Waals surface area (Å²) < 4.78 is 18.1. The van der Waals surface area contributed by atoms with Crippen molar-refractivity contribution >= 4 is 17.5 Å². The van der Waals surface area contributed by atoms with E-state index in [1.165, 1.54) is 24.3 Å². The topological polar surface area (TPSA) is 38.3 Å². The molecule has 1 amide bonds. The number of ether oxygens (including phenoxy) is 1. The van der Waals surface area contributed by atoms with Gasteiger partial charge in [-0.2, -0.15) is 0 Å². The first kappa shape index (κ1) is 13.8. The predicted octanol–water partition coefficient (Wildman–Crippen LogP) is 2.34. The average Bonchev–Trinajstić information content (AvgIpc) is 2.28. The lowest BCUT2D eigenvalue weighted by atomic mass is 10.1. The molecule has 0 saturated carbocycles. The fourth-order valence-corrected chi connectivity index (χ4v) is 1.31. The maximum absolute atomic E-state index is 12.7.